The van der Waals surface area contributed by atoms with Crippen LogP contribution in [0.25, 0.3) is 0 Å². The first-order chi connectivity index (χ1) is 6.57. The fraction of sp³-hybridized carbons (Fsp3) is 0.750. The molecule has 1 amide bonds. The summed E-state index contributed by atoms with van der Waals surface area (Å²) in [4.78, 5) is 21.1. The van der Waals surface area contributed by atoms with E-state index in [-0.39, 0.29) is 25.3 Å². The number of rotatable bonds is 7. The highest BCUT2D eigenvalue weighted by atomic mass is 16.5. The number of ether oxygens (including phenoxy) is 1. The first-order valence-corrected chi connectivity index (χ1v) is 4.24. The van der Waals surface area contributed by atoms with Crippen LogP contribution in [0.5, 0.6) is 0 Å². The quantitative estimate of drug-likeness (QED) is 0.494. The topological polar surface area (TPSA) is 95.9 Å². The minimum absolute atomic E-state index is 0.00799. The van der Waals surface area contributed by atoms with Gasteiger partial charge in [0.15, 0.2) is 6.10 Å². The fourth-order valence-corrected chi connectivity index (χ4v) is 0.755. The summed E-state index contributed by atoms with van der Waals surface area (Å²) in [6, 6.07) is 0. The van der Waals surface area contributed by atoms with Crippen molar-refractivity contribution in [2.45, 2.75) is 18.9 Å². The van der Waals surface area contributed by atoms with E-state index >= 15 is 0 Å². The molecule has 0 aromatic carbocycles. The maximum Gasteiger partial charge on any atom is 0.332 e. The molecule has 0 unspecified atom stereocenters. The summed E-state index contributed by atoms with van der Waals surface area (Å²) in [5.74, 6) is -1.50. The minimum Gasteiger partial charge on any atom is -0.479 e. The lowest BCUT2D eigenvalue weighted by atomic mass is 10.2. The van der Waals surface area contributed by atoms with Crippen LogP contribution in [0.1, 0.15) is 12.8 Å². The van der Waals surface area contributed by atoms with E-state index in [0.717, 1.165) is 0 Å². The third-order valence-corrected chi connectivity index (χ3v) is 1.56. The molecule has 0 rings (SSSR count). The highest BCUT2D eigenvalue weighted by molar-refractivity contribution is 5.76. The first kappa shape index (κ1) is 12.9. The Morgan fingerprint density at radius 1 is 1.50 bits per heavy atom. The molecule has 3 N–H and O–H groups in total. The Bertz CT molecular complexity index is 194. The number of methoxy groups -OCH3 is 1. The lowest BCUT2D eigenvalue weighted by molar-refractivity contribution is -0.147. The number of nitrogens with one attached hydrogen (secondary N) is 1. The predicted octanol–water partition coefficient (Wildman–Crippen LogP) is -1.03. The second-order valence-corrected chi connectivity index (χ2v) is 2.74. The van der Waals surface area contributed by atoms with E-state index in [0.29, 0.717) is 6.61 Å². The van der Waals surface area contributed by atoms with Gasteiger partial charge in [0.25, 0.3) is 0 Å². The Kier molecular flexibility index (Phi) is 6.69. The summed E-state index contributed by atoms with van der Waals surface area (Å²) < 4.78 is 4.67. The third-order valence-electron chi connectivity index (χ3n) is 1.56. The number of aliphatic carboxylic acids is 1. The van der Waals surface area contributed by atoms with Crippen molar-refractivity contribution in [3.8, 4) is 0 Å². The molecule has 0 spiro atoms. The largest absolute Gasteiger partial charge is 0.479 e. The summed E-state index contributed by atoms with van der Waals surface area (Å²) in [5, 5.41) is 19.6. The number of aliphatic hydroxyl groups is 1. The highest BCUT2D eigenvalue weighted by Crippen LogP contribution is 1.90. The minimum atomic E-state index is -1.42. The van der Waals surface area contributed by atoms with Gasteiger partial charge in [0.2, 0.25) is 5.91 Å². The zero-order valence-electron chi connectivity index (χ0n) is 8.02. The molecule has 0 saturated carbocycles. The van der Waals surface area contributed by atoms with Gasteiger partial charge in [0, 0.05) is 26.5 Å². The van der Waals surface area contributed by atoms with E-state index in [1.54, 1.807) is 0 Å². The van der Waals surface area contributed by atoms with Crippen LogP contribution in [0.2, 0.25) is 0 Å². The van der Waals surface area contributed by atoms with E-state index in [1.807, 2.05) is 0 Å². The van der Waals surface area contributed by atoms with Gasteiger partial charge in [-0.15, -0.1) is 0 Å². The van der Waals surface area contributed by atoms with Gasteiger partial charge in [0.1, 0.15) is 0 Å². The van der Waals surface area contributed by atoms with E-state index in [9.17, 15) is 9.59 Å². The smallest absolute Gasteiger partial charge is 0.332 e. The SMILES string of the molecule is COCCC(=O)NCC[C@H](O)C(=O)O. The summed E-state index contributed by atoms with van der Waals surface area (Å²) in [6.45, 7) is 0.476. The van der Waals surface area contributed by atoms with E-state index < -0.39 is 12.1 Å². The van der Waals surface area contributed by atoms with Gasteiger partial charge < -0.3 is 20.3 Å². The third kappa shape index (κ3) is 6.38. The molecule has 0 heterocycles. The van der Waals surface area contributed by atoms with Crippen molar-refractivity contribution < 1.29 is 24.5 Å². The van der Waals surface area contributed by atoms with Crippen LogP contribution in [-0.4, -0.2) is 48.5 Å². The molecule has 82 valence electrons. The molecule has 0 bridgehead atoms. The molecule has 0 aliphatic rings. The number of hydrogen-bond donors (Lipinski definition) is 3. The molecule has 14 heavy (non-hydrogen) atoms. The van der Waals surface area contributed by atoms with Crippen LogP contribution in [0.3, 0.4) is 0 Å². The number of carboxylic acids is 1. The van der Waals surface area contributed by atoms with Crippen LogP contribution in [-0.2, 0) is 14.3 Å². The number of carbonyl (C=O) groups is 2. The van der Waals surface area contributed by atoms with Crippen molar-refractivity contribution in [1.29, 1.82) is 0 Å². The summed E-state index contributed by atoms with van der Waals surface area (Å²) in [7, 11) is 1.49. The standard InChI is InChI=1S/C8H15NO5/c1-14-5-3-7(11)9-4-2-6(10)8(12)13/h6,10H,2-5H2,1H3,(H,9,11)(H,12,13)/t6-/m0/s1. The van der Waals surface area contributed by atoms with Gasteiger partial charge in [-0.25, -0.2) is 4.79 Å². The predicted molar refractivity (Wildman–Crippen MR) is 47.8 cm³/mol. The second-order valence-electron chi connectivity index (χ2n) is 2.74. The van der Waals surface area contributed by atoms with Crippen LogP contribution in [0.15, 0.2) is 0 Å². The molecule has 0 fully saturated rings. The Morgan fingerprint density at radius 3 is 2.64 bits per heavy atom. The molecular weight excluding hydrogens is 190 g/mol. The van der Waals surface area contributed by atoms with Crippen LogP contribution >= 0.6 is 0 Å². The van der Waals surface area contributed by atoms with Crippen LogP contribution in [0.4, 0.5) is 0 Å². The van der Waals surface area contributed by atoms with Crippen molar-refractivity contribution in [2.75, 3.05) is 20.3 Å². The Hall–Kier alpha value is -1.14. The maximum atomic E-state index is 10.9. The monoisotopic (exact) mass is 205 g/mol. The van der Waals surface area contributed by atoms with E-state index in [4.69, 9.17) is 10.2 Å². The normalized spacial score (nSPS) is 12.1. The fourth-order valence-electron chi connectivity index (χ4n) is 0.755. The lowest BCUT2D eigenvalue weighted by Gasteiger charge is -2.06. The molecular formula is C8H15NO5. The Morgan fingerprint density at radius 2 is 2.14 bits per heavy atom. The van der Waals surface area contributed by atoms with E-state index in [1.165, 1.54) is 7.11 Å². The van der Waals surface area contributed by atoms with Gasteiger partial charge in [-0.3, -0.25) is 4.79 Å². The van der Waals surface area contributed by atoms with Crippen molar-refractivity contribution in [3.05, 3.63) is 0 Å². The van der Waals surface area contributed by atoms with Crippen molar-refractivity contribution >= 4 is 11.9 Å². The van der Waals surface area contributed by atoms with Gasteiger partial charge in [-0.1, -0.05) is 0 Å². The van der Waals surface area contributed by atoms with Gasteiger partial charge >= 0.3 is 5.97 Å². The first-order valence-electron chi connectivity index (χ1n) is 4.24. The Balaban J connectivity index is 3.44. The van der Waals surface area contributed by atoms with Gasteiger partial charge in [0.05, 0.1) is 6.61 Å². The summed E-state index contributed by atoms with van der Waals surface area (Å²) in [6.07, 6.45) is -1.18. The van der Waals surface area contributed by atoms with Crippen molar-refractivity contribution in [2.24, 2.45) is 0 Å². The molecule has 6 nitrogen and oxygen atoms in total. The number of carboxylic acid groups (broad SMARTS) is 1. The molecule has 0 aliphatic carbocycles. The average molecular weight is 205 g/mol. The molecule has 0 aromatic rings. The van der Waals surface area contributed by atoms with Crippen molar-refractivity contribution in [3.63, 3.8) is 0 Å². The maximum absolute atomic E-state index is 10.9. The van der Waals surface area contributed by atoms with E-state index in [2.05, 4.69) is 10.1 Å². The van der Waals surface area contributed by atoms with Crippen molar-refractivity contribution in [1.82, 2.24) is 5.32 Å². The van der Waals surface area contributed by atoms with Crippen LogP contribution < -0.4 is 5.32 Å². The highest BCUT2D eigenvalue weighted by Gasteiger charge is 2.12. The number of carbonyl (C=O) groups excluding carboxylic acids is 1. The zero-order valence-corrected chi connectivity index (χ0v) is 8.02. The van der Waals surface area contributed by atoms with Gasteiger partial charge in [-0.05, 0) is 0 Å². The van der Waals surface area contributed by atoms with Crippen LogP contribution in [0, 0.1) is 0 Å². The molecule has 6 heteroatoms. The second kappa shape index (κ2) is 7.28. The molecule has 0 radical (unpaired) electrons. The average Bonchev–Trinajstić information content (AvgIpc) is 2.14. The number of amides is 1. The molecule has 0 saturated heterocycles. The number of hydrogen-bond acceptors (Lipinski definition) is 4. The molecule has 1 atom stereocenters. The molecule has 0 aromatic heterocycles. The lowest BCUT2D eigenvalue weighted by Crippen LogP contribution is -2.30. The number of aliphatic hydroxyl groups excluding tert-OH is 1. The molecule has 0 aliphatic heterocycles. The Labute approximate surface area is 81.9 Å². The summed E-state index contributed by atoms with van der Waals surface area (Å²) >= 11 is 0. The zero-order chi connectivity index (χ0) is 11.0. The summed E-state index contributed by atoms with van der Waals surface area (Å²) in [5.41, 5.74) is 0. The van der Waals surface area contributed by atoms with Gasteiger partial charge in [-0.2, -0.15) is 0 Å².